The highest BCUT2D eigenvalue weighted by Crippen LogP contribution is 2.43. The number of Topliss-reactive ketones (excluding diaryl/α,β-unsaturated/α-hetero) is 1. The molecule has 0 unspecified atom stereocenters. The van der Waals surface area contributed by atoms with E-state index in [0.717, 1.165) is 0 Å². The van der Waals surface area contributed by atoms with Crippen LogP contribution in [0.3, 0.4) is 0 Å². The number of thioether (sulfide) groups is 1. The van der Waals surface area contributed by atoms with Crippen LogP contribution in [0.15, 0.2) is 11.8 Å². The van der Waals surface area contributed by atoms with Gasteiger partial charge in [0.2, 0.25) is 5.91 Å². The van der Waals surface area contributed by atoms with Gasteiger partial charge < -0.3 is 20.1 Å². The highest BCUT2D eigenvalue weighted by Gasteiger charge is 2.46. The number of rotatable bonds is 4. The smallest absolute Gasteiger partial charge is 0.231 e. The number of ketones is 1. The van der Waals surface area contributed by atoms with Crippen LogP contribution in [0.2, 0.25) is 0 Å². The van der Waals surface area contributed by atoms with Gasteiger partial charge in [0.15, 0.2) is 13.2 Å². The third-order valence-corrected chi connectivity index (χ3v) is 5.61. The lowest BCUT2D eigenvalue weighted by molar-refractivity contribution is -0.127. The molecule has 3 N–H and O–H groups in total. The lowest BCUT2D eigenvalue weighted by Crippen LogP contribution is -2.38. The summed E-state index contributed by atoms with van der Waals surface area (Å²) in [5.41, 5.74) is 0.282. The number of aliphatic hydroxyl groups is 2. The molecule has 0 aromatic rings. The van der Waals surface area contributed by atoms with Crippen LogP contribution in [0.1, 0.15) is 6.42 Å². The van der Waals surface area contributed by atoms with E-state index in [9.17, 15) is 24.4 Å². The summed E-state index contributed by atoms with van der Waals surface area (Å²) in [5, 5.41) is 21.4. The minimum atomic E-state index is -2.68. The Morgan fingerprint density at radius 2 is 2.05 bits per heavy atom. The lowest BCUT2D eigenvalue weighted by atomic mass is 9.97. The van der Waals surface area contributed by atoms with Gasteiger partial charge in [-0.3, -0.25) is 14.2 Å². The molecule has 0 saturated carbocycles. The summed E-state index contributed by atoms with van der Waals surface area (Å²) in [6, 6.07) is 0. The van der Waals surface area contributed by atoms with Crippen molar-refractivity contribution in [3.8, 4) is 0 Å². The highest BCUT2D eigenvalue weighted by molar-refractivity contribution is 8.01. The van der Waals surface area contributed by atoms with Crippen molar-refractivity contribution in [2.75, 3.05) is 19.9 Å². The number of nitrogens with one attached hydrogen (secondary N) is 1. The van der Waals surface area contributed by atoms with Gasteiger partial charge in [-0.1, -0.05) is 0 Å². The molecule has 7 nitrogen and oxygen atoms in total. The van der Waals surface area contributed by atoms with Gasteiger partial charge in [0.05, 0.1) is 35.7 Å². The van der Waals surface area contributed by atoms with Gasteiger partial charge in [0.25, 0.3) is 0 Å². The summed E-state index contributed by atoms with van der Waals surface area (Å²) in [6.45, 7) is 2.96. The Bertz CT molecular complexity index is 530. The summed E-state index contributed by atoms with van der Waals surface area (Å²) >= 11 is 1.19. The van der Waals surface area contributed by atoms with Crippen molar-refractivity contribution >= 4 is 30.8 Å². The van der Waals surface area contributed by atoms with Gasteiger partial charge in [-0.15, -0.1) is 11.8 Å². The maximum atomic E-state index is 11.9. The fourth-order valence-corrected chi connectivity index (χ4v) is 4.31. The number of hydrogen-bond donors (Lipinski definition) is 3. The molecule has 1 fully saturated rings. The van der Waals surface area contributed by atoms with Gasteiger partial charge in [0, 0.05) is 25.1 Å². The molecule has 0 bridgehead atoms. The molecular weight excluding hydrogens is 317 g/mol. The second-order valence-electron chi connectivity index (χ2n) is 5.39. The topological polar surface area (TPSA) is 113 Å². The van der Waals surface area contributed by atoms with Crippen molar-refractivity contribution in [3.63, 3.8) is 0 Å². The second kappa shape index (κ2) is 6.22. The maximum absolute atomic E-state index is 11.9. The largest absolute Gasteiger partial charge is 0.389 e. The molecule has 2 aliphatic rings. The monoisotopic (exact) mass is 335 g/mol. The molecule has 2 aliphatic heterocycles. The maximum Gasteiger partial charge on any atom is 0.231 e. The standard InChI is InChI=1S/C12H18NO6PS/c1-20(2,18)19-5-8-10(16)11(17)12(21-8)6-4-13-9(15)3-7(6)14/h4,8,10-12,16-17H,3,5H2,1-2H3,(H,13,15)/t8-,10-,11-,12+/m1/s1. The average Bonchev–Trinajstić information content (AvgIpc) is 2.64. The molecule has 0 spiro atoms. The molecule has 4 atom stereocenters. The molecule has 2 rings (SSSR count). The third-order valence-electron chi connectivity index (χ3n) is 3.25. The van der Waals surface area contributed by atoms with E-state index in [4.69, 9.17) is 4.52 Å². The molecule has 0 aromatic carbocycles. The Kier molecular flexibility index (Phi) is 4.95. The Hall–Kier alpha value is -0.660. The van der Waals surface area contributed by atoms with Crippen LogP contribution in [-0.2, 0) is 18.7 Å². The molecule has 2 heterocycles. The van der Waals surface area contributed by atoms with Crippen molar-refractivity contribution in [1.29, 1.82) is 0 Å². The first kappa shape index (κ1) is 16.7. The van der Waals surface area contributed by atoms with Crippen LogP contribution in [-0.4, -0.2) is 64.5 Å². The molecule has 118 valence electrons. The Morgan fingerprint density at radius 3 is 2.62 bits per heavy atom. The summed E-state index contributed by atoms with van der Waals surface area (Å²) in [5.74, 6) is -0.750. The second-order valence-corrected chi connectivity index (χ2v) is 9.54. The van der Waals surface area contributed by atoms with Crippen LogP contribution in [0.5, 0.6) is 0 Å². The molecule has 1 amide bonds. The van der Waals surface area contributed by atoms with Gasteiger partial charge in [-0.25, -0.2) is 0 Å². The van der Waals surface area contributed by atoms with Gasteiger partial charge in [-0.2, -0.15) is 0 Å². The number of carbonyl (C=O) groups is 2. The van der Waals surface area contributed by atoms with Crippen LogP contribution in [0.4, 0.5) is 0 Å². The minimum absolute atomic E-state index is 0.0253. The third kappa shape index (κ3) is 3.96. The van der Waals surface area contributed by atoms with E-state index < -0.39 is 30.1 Å². The predicted octanol–water partition coefficient (Wildman–Crippen LogP) is -0.281. The summed E-state index contributed by atoms with van der Waals surface area (Å²) in [4.78, 5) is 23.0. The van der Waals surface area contributed by atoms with Crippen molar-refractivity contribution in [2.45, 2.75) is 29.1 Å². The van der Waals surface area contributed by atoms with Crippen LogP contribution < -0.4 is 5.32 Å². The average molecular weight is 335 g/mol. The minimum Gasteiger partial charge on any atom is -0.389 e. The van der Waals surface area contributed by atoms with Gasteiger partial charge >= 0.3 is 0 Å². The zero-order valence-corrected chi connectivity index (χ0v) is 13.4. The Labute approximate surface area is 126 Å². The van der Waals surface area contributed by atoms with Gasteiger partial charge in [-0.05, 0) is 0 Å². The Balaban J connectivity index is 2.08. The zero-order valence-electron chi connectivity index (χ0n) is 11.7. The molecule has 9 heteroatoms. The number of carbonyl (C=O) groups excluding carboxylic acids is 2. The van der Waals surface area contributed by atoms with Crippen molar-refractivity contribution in [2.24, 2.45) is 0 Å². The van der Waals surface area contributed by atoms with E-state index >= 15 is 0 Å². The first-order valence-corrected chi connectivity index (χ1v) is 9.89. The Morgan fingerprint density at radius 1 is 1.38 bits per heavy atom. The molecule has 21 heavy (non-hydrogen) atoms. The molecule has 0 aromatic heterocycles. The van der Waals surface area contributed by atoms with E-state index in [1.807, 2.05) is 0 Å². The number of amides is 1. The van der Waals surface area contributed by atoms with Gasteiger partial charge in [0.1, 0.15) is 0 Å². The van der Waals surface area contributed by atoms with Crippen LogP contribution in [0.25, 0.3) is 0 Å². The van der Waals surface area contributed by atoms with E-state index in [-0.39, 0.29) is 30.3 Å². The number of hydrogen-bond acceptors (Lipinski definition) is 7. The summed E-state index contributed by atoms with van der Waals surface area (Å²) in [6.07, 6.45) is -1.19. The highest BCUT2D eigenvalue weighted by atomic mass is 32.2. The van der Waals surface area contributed by atoms with E-state index in [0.29, 0.717) is 0 Å². The summed E-state index contributed by atoms with van der Waals surface area (Å²) < 4.78 is 16.7. The molecular formula is C12H18NO6PS. The lowest BCUT2D eigenvalue weighted by Gasteiger charge is -2.20. The number of aliphatic hydroxyl groups excluding tert-OH is 2. The van der Waals surface area contributed by atoms with Crippen molar-refractivity contribution in [1.82, 2.24) is 5.32 Å². The fraction of sp³-hybridized carbons (Fsp3) is 0.667. The van der Waals surface area contributed by atoms with E-state index in [2.05, 4.69) is 5.32 Å². The predicted molar refractivity (Wildman–Crippen MR) is 78.4 cm³/mol. The zero-order chi connectivity index (χ0) is 15.8. The van der Waals surface area contributed by atoms with E-state index in [1.165, 1.54) is 31.3 Å². The normalized spacial score (nSPS) is 33.8. The van der Waals surface area contributed by atoms with Crippen molar-refractivity contribution < 1.29 is 28.9 Å². The first-order chi connectivity index (χ1) is 9.69. The SMILES string of the molecule is CP(C)(=O)OC[C@H]1S[C@@H](C2=CNC(=O)CC2=O)[C@H](O)[C@@H]1O. The van der Waals surface area contributed by atoms with E-state index in [1.54, 1.807) is 0 Å². The van der Waals surface area contributed by atoms with Crippen LogP contribution in [0, 0.1) is 0 Å². The van der Waals surface area contributed by atoms with Crippen LogP contribution >= 0.6 is 19.1 Å². The first-order valence-electron chi connectivity index (χ1n) is 6.43. The molecule has 0 radical (unpaired) electrons. The fourth-order valence-electron chi connectivity index (χ4n) is 2.17. The molecule has 0 aliphatic carbocycles. The quantitative estimate of drug-likeness (QED) is 0.478. The summed E-state index contributed by atoms with van der Waals surface area (Å²) in [7, 11) is -2.68. The molecule has 1 saturated heterocycles. The van der Waals surface area contributed by atoms with Crippen molar-refractivity contribution in [3.05, 3.63) is 11.8 Å².